The smallest absolute Gasteiger partial charge is 0.264 e. The molecule has 0 spiro atoms. The first-order valence-electron chi connectivity index (χ1n) is 4.36. The topological polar surface area (TPSA) is 78.1 Å². The van der Waals surface area contributed by atoms with E-state index in [0.717, 1.165) is 5.56 Å². The Bertz CT molecular complexity index is 527. The molecule has 3 N–H and O–H groups in total. The Kier molecular flexibility index (Phi) is 2.21. The molecule has 5 nitrogen and oxygen atoms in total. The molecule has 0 amide bonds. The lowest BCUT2D eigenvalue weighted by Gasteiger charge is -2.04. The van der Waals surface area contributed by atoms with E-state index in [2.05, 4.69) is 10.2 Å². The van der Waals surface area contributed by atoms with Crippen LogP contribution in [0.5, 0.6) is 11.5 Å². The zero-order valence-corrected chi connectivity index (χ0v) is 8.07. The number of methoxy groups -OCH3 is 1. The van der Waals surface area contributed by atoms with Crippen molar-refractivity contribution in [1.82, 2.24) is 10.2 Å². The van der Waals surface area contributed by atoms with Crippen LogP contribution in [-0.4, -0.2) is 22.4 Å². The van der Waals surface area contributed by atoms with Crippen molar-refractivity contribution in [3.05, 3.63) is 34.6 Å². The minimum absolute atomic E-state index is 0.0686. The van der Waals surface area contributed by atoms with Crippen molar-refractivity contribution in [2.24, 2.45) is 0 Å². The Morgan fingerprint density at radius 3 is 2.67 bits per heavy atom. The molecule has 0 radical (unpaired) electrons. The number of aromatic amines is 2. The summed E-state index contributed by atoms with van der Waals surface area (Å²) < 4.78 is 4.96. The highest BCUT2D eigenvalue weighted by molar-refractivity contribution is 5.63. The number of rotatable bonds is 2. The summed E-state index contributed by atoms with van der Waals surface area (Å²) in [5, 5.41) is 14.5. The quantitative estimate of drug-likeness (QED) is 0.688. The molecule has 0 aliphatic rings. The van der Waals surface area contributed by atoms with Gasteiger partial charge in [-0.1, -0.05) is 0 Å². The molecule has 0 unspecified atom stereocenters. The first-order chi connectivity index (χ1) is 7.20. The third kappa shape index (κ3) is 1.71. The highest BCUT2D eigenvalue weighted by atomic mass is 16.5. The Hall–Kier alpha value is -2.17. The number of phenolic OH excluding ortho intramolecular Hbond substituents is 1. The summed E-state index contributed by atoms with van der Waals surface area (Å²) in [6.07, 6.45) is 0. The molecule has 2 aromatic rings. The number of phenols is 1. The van der Waals surface area contributed by atoms with Crippen molar-refractivity contribution in [2.75, 3.05) is 7.11 Å². The second-order valence-corrected chi connectivity index (χ2v) is 3.06. The molecule has 0 aliphatic heterocycles. The van der Waals surface area contributed by atoms with Crippen molar-refractivity contribution in [3.8, 4) is 22.8 Å². The maximum atomic E-state index is 10.9. The van der Waals surface area contributed by atoms with Gasteiger partial charge in [0, 0.05) is 11.6 Å². The molecule has 0 saturated heterocycles. The third-order valence-corrected chi connectivity index (χ3v) is 2.09. The van der Waals surface area contributed by atoms with Crippen LogP contribution in [0.25, 0.3) is 11.3 Å². The summed E-state index contributed by atoms with van der Waals surface area (Å²) in [5.41, 5.74) is 1.22. The standard InChI is InChI=1S/C10H10N2O3/c1-15-9-4-6(2-3-8(9)13)7-5-10(14)12-11-7/h2-5,13H,1H3,(H2,11,12,14). The maximum absolute atomic E-state index is 10.9. The molecule has 0 fully saturated rings. The number of hydrogen-bond donors (Lipinski definition) is 3. The van der Waals surface area contributed by atoms with Crippen LogP contribution in [0.2, 0.25) is 0 Å². The summed E-state index contributed by atoms with van der Waals surface area (Å²) >= 11 is 0. The van der Waals surface area contributed by atoms with E-state index in [1.54, 1.807) is 12.1 Å². The van der Waals surface area contributed by atoms with Crippen LogP contribution < -0.4 is 10.3 Å². The van der Waals surface area contributed by atoms with Crippen LogP contribution in [-0.2, 0) is 0 Å². The van der Waals surface area contributed by atoms with Crippen LogP contribution in [0.3, 0.4) is 0 Å². The van der Waals surface area contributed by atoms with E-state index in [4.69, 9.17) is 4.74 Å². The second-order valence-electron chi connectivity index (χ2n) is 3.06. The molecule has 0 saturated carbocycles. The van der Waals surface area contributed by atoms with Crippen molar-refractivity contribution in [1.29, 1.82) is 0 Å². The van der Waals surface area contributed by atoms with Crippen LogP contribution in [0, 0.1) is 0 Å². The van der Waals surface area contributed by atoms with Gasteiger partial charge in [-0.2, -0.15) is 0 Å². The first-order valence-corrected chi connectivity index (χ1v) is 4.36. The van der Waals surface area contributed by atoms with Gasteiger partial charge in [-0.05, 0) is 18.2 Å². The van der Waals surface area contributed by atoms with Gasteiger partial charge < -0.3 is 9.84 Å². The molecule has 15 heavy (non-hydrogen) atoms. The zero-order valence-electron chi connectivity index (χ0n) is 8.07. The van der Waals surface area contributed by atoms with Gasteiger partial charge in [-0.15, -0.1) is 0 Å². The first kappa shape index (κ1) is 9.39. The molecule has 0 aliphatic carbocycles. The Labute approximate surface area is 85.3 Å². The summed E-state index contributed by atoms with van der Waals surface area (Å²) in [7, 11) is 1.47. The normalized spacial score (nSPS) is 10.2. The van der Waals surface area contributed by atoms with Crippen LogP contribution in [0.15, 0.2) is 29.1 Å². The Morgan fingerprint density at radius 1 is 1.27 bits per heavy atom. The Morgan fingerprint density at radius 2 is 2.07 bits per heavy atom. The van der Waals surface area contributed by atoms with Crippen LogP contribution in [0.1, 0.15) is 0 Å². The van der Waals surface area contributed by atoms with Gasteiger partial charge in [0.1, 0.15) is 0 Å². The third-order valence-electron chi connectivity index (χ3n) is 2.09. The number of ether oxygens (including phenoxy) is 1. The number of aromatic hydroxyl groups is 1. The van der Waals surface area contributed by atoms with E-state index < -0.39 is 0 Å². The fourth-order valence-electron chi connectivity index (χ4n) is 1.33. The number of hydrogen-bond acceptors (Lipinski definition) is 3. The molecule has 0 atom stereocenters. The lowest BCUT2D eigenvalue weighted by Crippen LogP contribution is -1.93. The van der Waals surface area contributed by atoms with E-state index in [1.165, 1.54) is 19.2 Å². The SMILES string of the molecule is COc1cc(-c2cc(=O)[nH][nH]2)ccc1O. The van der Waals surface area contributed by atoms with Gasteiger partial charge >= 0.3 is 0 Å². The van der Waals surface area contributed by atoms with Gasteiger partial charge in [-0.25, -0.2) is 0 Å². The predicted molar refractivity (Wildman–Crippen MR) is 55.1 cm³/mol. The number of benzene rings is 1. The average Bonchev–Trinajstić information content (AvgIpc) is 2.66. The summed E-state index contributed by atoms with van der Waals surface area (Å²) in [5.74, 6) is 0.439. The van der Waals surface area contributed by atoms with Gasteiger partial charge in [0.15, 0.2) is 11.5 Å². The predicted octanol–water partition coefficient (Wildman–Crippen LogP) is 1.08. The van der Waals surface area contributed by atoms with Crippen LogP contribution >= 0.6 is 0 Å². The van der Waals surface area contributed by atoms with E-state index in [0.29, 0.717) is 11.4 Å². The molecule has 1 aromatic heterocycles. The van der Waals surface area contributed by atoms with Crippen molar-refractivity contribution < 1.29 is 9.84 Å². The number of H-pyrrole nitrogens is 2. The Balaban J connectivity index is 2.50. The van der Waals surface area contributed by atoms with Gasteiger partial charge in [0.2, 0.25) is 0 Å². The minimum Gasteiger partial charge on any atom is -0.504 e. The summed E-state index contributed by atoms with van der Waals surface area (Å²) in [6.45, 7) is 0. The van der Waals surface area contributed by atoms with E-state index in [1.807, 2.05) is 0 Å². The summed E-state index contributed by atoms with van der Waals surface area (Å²) in [4.78, 5) is 10.9. The van der Waals surface area contributed by atoms with E-state index >= 15 is 0 Å². The molecule has 78 valence electrons. The minimum atomic E-state index is -0.197. The highest BCUT2D eigenvalue weighted by Gasteiger charge is 2.05. The average molecular weight is 206 g/mol. The largest absolute Gasteiger partial charge is 0.504 e. The summed E-state index contributed by atoms with van der Waals surface area (Å²) in [6, 6.07) is 6.29. The van der Waals surface area contributed by atoms with Crippen LogP contribution in [0.4, 0.5) is 0 Å². The van der Waals surface area contributed by atoms with Gasteiger partial charge in [-0.3, -0.25) is 15.0 Å². The molecule has 1 heterocycles. The van der Waals surface area contributed by atoms with E-state index in [9.17, 15) is 9.90 Å². The molecule has 1 aromatic carbocycles. The van der Waals surface area contributed by atoms with Gasteiger partial charge in [0.05, 0.1) is 12.8 Å². The fourth-order valence-corrected chi connectivity index (χ4v) is 1.33. The van der Waals surface area contributed by atoms with Gasteiger partial charge in [0.25, 0.3) is 5.56 Å². The molecular weight excluding hydrogens is 196 g/mol. The lowest BCUT2D eigenvalue weighted by atomic mass is 10.1. The zero-order chi connectivity index (χ0) is 10.8. The molecule has 0 bridgehead atoms. The van der Waals surface area contributed by atoms with Crippen molar-refractivity contribution in [2.45, 2.75) is 0 Å². The molecule has 5 heteroatoms. The number of nitrogens with one attached hydrogen (secondary N) is 2. The maximum Gasteiger partial charge on any atom is 0.264 e. The van der Waals surface area contributed by atoms with Crippen molar-refractivity contribution in [3.63, 3.8) is 0 Å². The second kappa shape index (κ2) is 3.53. The monoisotopic (exact) mass is 206 g/mol. The van der Waals surface area contributed by atoms with Crippen molar-refractivity contribution >= 4 is 0 Å². The lowest BCUT2D eigenvalue weighted by molar-refractivity contribution is 0.373. The fraction of sp³-hybridized carbons (Fsp3) is 0.100. The van der Waals surface area contributed by atoms with E-state index in [-0.39, 0.29) is 11.3 Å². The molecular formula is C10H10N2O3. The highest BCUT2D eigenvalue weighted by Crippen LogP contribution is 2.29. The molecule has 2 rings (SSSR count). The number of aromatic nitrogens is 2.